The summed E-state index contributed by atoms with van der Waals surface area (Å²) in [7, 11) is 0. The second-order valence-electron chi connectivity index (χ2n) is 4.55. The first-order chi connectivity index (χ1) is 10.2. The second-order valence-corrected chi connectivity index (χ2v) is 5.65. The van der Waals surface area contributed by atoms with Crippen LogP contribution in [0.2, 0.25) is 0 Å². The Labute approximate surface area is 130 Å². The van der Waals surface area contributed by atoms with E-state index in [1.165, 1.54) is 5.56 Å². The number of benzene rings is 1. The molecule has 1 aromatic carbocycles. The molecule has 1 N–H and O–H groups in total. The molecule has 0 radical (unpaired) electrons. The molecule has 5 heteroatoms. The van der Waals surface area contributed by atoms with Crippen LogP contribution in [0.1, 0.15) is 25.3 Å². The average Bonchev–Trinajstić information content (AvgIpc) is 2.49. The number of carbonyl (C=O) groups excluding carboxylic acids is 2. The van der Waals surface area contributed by atoms with Crippen LogP contribution < -0.4 is 5.32 Å². The third kappa shape index (κ3) is 9.13. The fourth-order valence-corrected chi connectivity index (χ4v) is 2.56. The molecule has 0 fully saturated rings. The maximum absolute atomic E-state index is 11.6. The van der Waals surface area contributed by atoms with E-state index >= 15 is 0 Å². The molecule has 0 spiro atoms. The van der Waals surface area contributed by atoms with Gasteiger partial charge in [0.15, 0.2) is 0 Å². The summed E-state index contributed by atoms with van der Waals surface area (Å²) in [5.41, 5.74) is 1.29. The van der Waals surface area contributed by atoms with Crippen molar-refractivity contribution in [1.29, 1.82) is 0 Å². The summed E-state index contributed by atoms with van der Waals surface area (Å²) in [5.74, 6) is 1.22. The van der Waals surface area contributed by atoms with Gasteiger partial charge in [-0.3, -0.25) is 9.59 Å². The number of carbonyl (C=O) groups is 2. The molecule has 4 nitrogen and oxygen atoms in total. The van der Waals surface area contributed by atoms with Crippen molar-refractivity contribution in [2.75, 3.05) is 24.7 Å². The number of aryl methyl sites for hydroxylation is 1. The van der Waals surface area contributed by atoms with E-state index in [9.17, 15) is 9.59 Å². The van der Waals surface area contributed by atoms with E-state index < -0.39 is 0 Å². The van der Waals surface area contributed by atoms with Crippen molar-refractivity contribution >= 4 is 23.6 Å². The minimum absolute atomic E-state index is 0.0249. The third-order valence-corrected chi connectivity index (χ3v) is 3.76. The molecule has 0 aliphatic heterocycles. The predicted molar refractivity (Wildman–Crippen MR) is 86.3 cm³/mol. The Morgan fingerprint density at radius 3 is 2.71 bits per heavy atom. The molecular formula is C16H23NO3S. The number of hydrogen-bond donors (Lipinski definition) is 1. The number of amides is 1. The van der Waals surface area contributed by atoms with Crippen LogP contribution in [0.5, 0.6) is 0 Å². The van der Waals surface area contributed by atoms with Crippen LogP contribution in [-0.2, 0) is 20.7 Å². The van der Waals surface area contributed by atoms with Crippen molar-refractivity contribution in [2.24, 2.45) is 0 Å². The number of hydrogen-bond acceptors (Lipinski definition) is 4. The van der Waals surface area contributed by atoms with Gasteiger partial charge in [0.25, 0.3) is 0 Å². The summed E-state index contributed by atoms with van der Waals surface area (Å²) in [4.78, 5) is 22.7. The van der Waals surface area contributed by atoms with E-state index in [1.807, 2.05) is 18.2 Å². The Bertz CT molecular complexity index is 423. The summed E-state index contributed by atoms with van der Waals surface area (Å²) in [5, 5.41) is 2.81. The maximum atomic E-state index is 11.6. The van der Waals surface area contributed by atoms with Gasteiger partial charge in [-0.15, -0.1) is 0 Å². The lowest BCUT2D eigenvalue weighted by atomic mass is 10.2. The SMILES string of the molecule is CCOC(=O)CCCNC(=O)CSCCc1ccccc1. The molecule has 1 amide bonds. The van der Waals surface area contributed by atoms with Crippen molar-refractivity contribution in [2.45, 2.75) is 26.2 Å². The first-order valence-corrected chi connectivity index (χ1v) is 8.42. The monoisotopic (exact) mass is 309 g/mol. The van der Waals surface area contributed by atoms with E-state index in [-0.39, 0.29) is 11.9 Å². The average molecular weight is 309 g/mol. The van der Waals surface area contributed by atoms with Crippen LogP contribution in [0.4, 0.5) is 0 Å². The van der Waals surface area contributed by atoms with Gasteiger partial charge in [-0.2, -0.15) is 11.8 Å². The van der Waals surface area contributed by atoms with Crippen molar-refractivity contribution in [3.8, 4) is 0 Å². The van der Waals surface area contributed by atoms with Gasteiger partial charge >= 0.3 is 5.97 Å². The fraction of sp³-hybridized carbons (Fsp3) is 0.500. The minimum Gasteiger partial charge on any atom is -0.466 e. The van der Waals surface area contributed by atoms with E-state index in [0.717, 1.165) is 12.2 Å². The van der Waals surface area contributed by atoms with Crippen LogP contribution in [0.25, 0.3) is 0 Å². The van der Waals surface area contributed by atoms with Crippen molar-refractivity contribution in [1.82, 2.24) is 5.32 Å². The molecule has 0 bridgehead atoms. The zero-order chi connectivity index (χ0) is 15.3. The Morgan fingerprint density at radius 2 is 2.00 bits per heavy atom. The third-order valence-electron chi connectivity index (χ3n) is 2.80. The van der Waals surface area contributed by atoms with Gasteiger partial charge in [0, 0.05) is 13.0 Å². The fourth-order valence-electron chi connectivity index (χ4n) is 1.74. The van der Waals surface area contributed by atoms with E-state index in [1.54, 1.807) is 18.7 Å². The van der Waals surface area contributed by atoms with Gasteiger partial charge in [-0.1, -0.05) is 30.3 Å². The zero-order valence-electron chi connectivity index (χ0n) is 12.5. The van der Waals surface area contributed by atoms with Crippen LogP contribution in [0.3, 0.4) is 0 Å². The number of ether oxygens (including phenoxy) is 1. The number of nitrogens with one attached hydrogen (secondary N) is 1. The Kier molecular flexibility index (Phi) is 9.37. The standard InChI is InChI=1S/C16H23NO3S/c1-2-20-16(19)9-6-11-17-15(18)13-21-12-10-14-7-4-3-5-8-14/h3-5,7-8H,2,6,9-13H2,1H3,(H,17,18). The summed E-state index contributed by atoms with van der Waals surface area (Å²) in [6, 6.07) is 10.2. The molecule has 1 aromatic rings. The molecule has 116 valence electrons. The van der Waals surface area contributed by atoms with Crippen LogP contribution >= 0.6 is 11.8 Å². The highest BCUT2D eigenvalue weighted by molar-refractivity contribution is 7.99. The van der Waals surface area contributed by atoms with Crippen LogP contribution in [0.15, 0.2) is 30.3 Å². The topological polar surface area (TPSA) is 55.4 Å². The lowest BCUT2D eigenvalue weighted by Gasteiger charge is -2.05. The second kappa shape index (κ2) is 11.2. The molecule has 21 heavy (non-hydrogen) atoms. The quantitative estimate of drug-likeness (QED) is 0.533. The normalized spacial score (nSPS) is 10.1. The number of thioether (sulfide) groups is 1. The smallest absolute Gasteiger partial charge is 0.305 e. The van der Waals surface area contributed by atoms with Gasteiger partial charge in [0.1, 0.15) is 0 Å². The summed E-state index contributed by atoms with van der Waals surface area (Å²) >= 11 is 1.62. The molecule has 0 saturated heterocycles. The molecule has 0 atom stereocenters. The van der Waals surface area contributed by atoms with Crippen LogP contribution in [0, 0.1) is 0 Å². The van der Waals surface area contributed by atoms with E-state index in [0.29, 0.717) is 31.7 Å². The molecule has 0 aromatic heterocycles. The van der Waals surface area contributed by atoms with Crippen molar-refractivity contribution in [3.63, 3.8) is 0 Å². The Morgan fingerprint density at radius 1 is 1.24 bits per heavy atom. The summed E-state index contributed by atoms with van der Waals surface area (Å²) in [6.07, 6.45) is 1.95. The van der Waals surface area contributed by atoms with Gasteiger partial charge < -0.3 is 10.1 Å². The Hall–Kier alpha value is -1.49. The summed E-state index contributed by atoms with van der Waals surface area (Å²) in [6.45, 7) is 2.71. The first kappa shape index (κ1) is 17.6. The largest absolute Gasteiger partial charge is 0.466 e. The van der Waals surface area contributed by atoms with Gasteiger partial charge in [-0.05, 0) is 31.1 Å². The molecule has 0 saturated carbocycles. The number of rotatable bonds is 10. The van der Waals surface area contributed by atoms with Crippen molar-refractivity contribution in [3.05, 3.63) is 35.9 Å². The highest BCUT2D eigenvalue weighted by Crippen LogP contribution is 2.06. The summed E-state index contributed by atoms with van der Waals surface area (Å²) < 4.78 is 4.81. The highest BCUT2D eigenvalue weighted by atomic mass is 32.2. The predicted octanol–water partition coefficient (Wildman–Crippen LogP) is 2.42. The molecule has 0 aliphatic rings. The van der Waals surface area contributed by atoms with Gasteiger partial charge in [0.05, 0.1) is 12.4 Å². The lowest BCUT2D eigenvalue weighted by molar-refractivity contribution is -0.143. The van der Waals surface area contributed by atoms with E-state index in [4.69, 9.17) is 4.74 Å². The molecule has 0 unspecified atom stereocenters. The Balaban J connectivity index is 1.98. The van der Waals surface area contributed by atoms with Gasteiger partial charge in [-0.25, -0.2) is 0 Å². The first-order valence-electron chi connectivity index (χ1n) is 7.26. The molecular weight excluding hydrogens is 286 g/mol. The highest BCUT2D eigenvalue weighted by Gasteiger charge is 2.04. The lowest BCUT2D eigenvalue weighted by Crippen LogP contribution is -2.26. The molecule has 0 heterocycles. The molecule has 0 aliphatic carbocycles. The maximum Gasteiger partial charge on any atom is 0.305 e. The van der Waals surface area contributed by atoms with Crippen LogP contribution in [-0.4, -0.2) is 36.5 Å². The van der Waals surface area contributed by atoms with Gasteiger partial charge in [0.2, 0.25) is 5.91 Å². The zero-order valence-corrected chi connectivity index (χ0v) is 13.3. The van der Waals surface area contributed by atoms with Crippen molar-refractivity contribution < 1.29 is 14.3 Å². The number of esters is 1. The minimum atomic E-state index is -0.205. The van der Waals surface area contributed by atoms with E-state index in [2.05, 4.69) is 17.4 Å². The molecule has 1 rings (SSSR count).